The molecule has 2 rings (SSSR count). The highest BCUT2D eigenvalue weighted by Crippen LogP contribution is 2.57. The van der Waals surface area contributed by atoms with Crippen molar-refractivity contribution in [3.8, 4) is 0 Å². The minimum atomic E-state index is 0.425. The van der Waals surface area contributed by atoms with Gasteiger partial charge in [-0.05, 0) is 49.6 Å². The Labute approximate surface area is 103 Å². The van der Waals surface area contributed by atoms with Crippen LogP contribution in [0, 0.1) is 0 Å². The molecule has 1 heteroatoms. The van der Waals surface area contributed by atoms with Gasteiger partial charge >= 0.3 is 0 Å². The van der Waals surface area contributed by atoms with Gasteiger partial charge in [-0.25, -0.2) is 0 Å². The smallest absolute Gasteiger partial charge is 0.0207 e. The van der Waals surface area contributed by atoms with Gasteiger partial charge in [0, 0.05) is 0 Å². The van der Waals surface area contributed by atoms with Crippen LogP contribution in [0.15, 0.2) is 0 Å². The number of rotatable bonds is 6. The molecule has 0 aromatic rings. The maximum atomic E-state index is 2.34. The van der Waals surface area contributed by atoms with Crippen LogP contribution in [0.5, 0.6) is 0 Å². The molecule has 0 aliphatic heterocycles. The van der Waals surface area contributed by atoms with Crippen molar-refractivity contribution in [2.24, 2.45) is 0 Å². The summed E-state index contributed by atoms with van der Waals surface area (Å²) in [6.45, 7) is 2.34. The number of unbranched alkanes of at least 4 members (excludes halogenated alkanes) is 2. The average Bonchev–Trinajstić information content (AvgIpc) is 2.97. The van der Waals surface area contributed by atoms with Crippen molar-refractivity contribution >= 4 is 7.92 Å². The highest BCUT2D eigenvalue weighted by Gasteiger charge is 2.31. The maximum absolute atomic E-state index is 2.34. The standard InChI is InChI=1S/C15H29P/c1-2-3-8-13-16(14-9-4-5-10-14)15-11-6-7-12-15/h14-15H,2-13H2,1H3. The minimum absolute atomic E-state index is 0.425. The SMILES string of the molecule is CCCCCP(C1CCCC1)C1CCCC1. The first-order chi connectivity index (χ1) is 7.92. The van der Waals surface area contributed by atoms with Crippen molar-refractivity contribution in [1.29, 1.82) is 0 Å². The third-order valence-corrected chi connectivity index (χ3v) is 8.35. The lowest BCUT2D eigenvalue weighted by Gasteiger charge is -2.30. The third kappa shape index (κ3) is 3.46. The summed E-state index contributed by atoms with van der Waals surface area (Å²) < 4.78 is 0. The summed E-state index contributed by atoms with van der Waals surface area (Å²) in [5.41, 5.74) is 2.38. The topological polar surface area (TPSA) is 0 Å². The molecule has 0 heterocycles. The summed E-state index contributed by atoms with van der Waals surface area (Å²) in [5.74, 6) is 0. The van der Waals surface area contributed by atoms with Crippen LogP contribution in [0.3, 0.4) is 0 Å². The lowest BCUT2D eigenvalue weighted by atomic mass is 10.3. The minimum Gasteiger partial charge on any atom is -0.100 e. The van der Waals surface area contributed by atoms with Gasteiger partial charge in [0.15, 0.2) is 0 Å². The van der Waals surface area contributed by atoms with Crippen molar-refractivity contribution in [2.45, 2.75) is 88.9 Å². The molecule has 2 aliphatic rings. The number of hydrogen-bond donors (Lipinski definition) is 0. The second-order valence-electron chi connectivity index (χ2n) is 5.82. The molecule has 0 bridgehead atoms. The Kier molecular flexibility index (Phi) is 5.63. The van der Waals surface area contributed by atoms with Gasteiger partial charge < -0.3 is 0 Å². The van der Waals surface area contributed by atoms with Gasteiger partial charge in [-0.2, -0.15) is 0 Å². The van der Waals surface area contributed by atoms with Crippen molar-refractivity contribution in [3.05, 3.63) is 0 Å². The fourth-order valence-electron chi connectivity index (χ4n) is 3.68. The van der Waals surface area contributed by atoms with E-state index in [-0.39, 0.29) is 0 Å². The lowest BCUT2D eigenvalue weighted by molar-refractivity contribution is 0.756. The van der Waals surface area contributed by atoms with E-state index in [2.05, 4.69) is 6.92 Å². The molecular formula is C15H29P. The van der Waals surface area contributed by atoms with Crippen LogP contribution in [0.2, 0.25) is 0 Å². The second kappa shape index (κ2) is 7.00. The molecule has 16 heavy (non-hydrogen) atoms. The van der Waals surface area contributed by atoms with Crippen LogP contribution in [-0.2, 0) is 0 Å². The van der Waals surface area contributed by atoms with E-state index in [1.54, 1.807) is 57.5 Å². The molecule has 2 fully saturated rings. The first-order valence-electron chi connectivity index (χ1n) is 7.67. The molecule has 0 amide bonds. The van der Waals surface area contributed by atoms with Gasteiger partial charge in [-0.1, -0.05) is 45.4 Å². The Bertz CT molecular complexity index is 162. The summed E-state index contributed by atoms with van der Waals surface area (Å²) in [6, 6.07) is 0. The Morgan fingerprint density at radius 3 is 1.75 bits per heavy atom. The van der Waals surface area contributed by atoms with Crippen LogP contribution < -0.4 is 0 Å². The summed E-state index contributed by atoms with van der Waals surface area (Å²) in [7, 11) is 0.425. The summed E-state index contributed by atoms with van der Waals surface area (Å²) in [4.78, 5) is 0. The van der Waals surface area contributed by atoms with E-state index in [1.807, 2.05) is 0 Å². The third-order valence-electron chi connectivity index (χ3n) is 4.61. The predicted molar refractivity (Wildman–Crippen MR) is 75.8 cm³/mol. The first kappa shape index (κ1) is 12.9. The van der Waals surface area contributed by atoms with E-state index in [9.17, 15) is 0 Å². The Morgan fingerprint density at radius 2 is 1.31 bits per heavy atom. The molecule has 0 saturated heterocycles. The molecule has 0 spiro atoms. The van der Waals surface area contributed by atoms with Crippen molar-refractivity contribution in [2.75, 3.05) is 6.16 Å². The van der Waals surface area contributed by atoms with Crippen LogP contribution in [0.1, 0.15) is 77.6 Å². The van der Waals surface area contributed by atoms with Crippen LogP contribution in [0.4, 0.5) is 0 Å². The van der Waals surface area contributed by atoms with E-state index in [0.717, 1.165) is 0 Å². The zero-order valence-corrected chi connectivity index (χ0v) is 12.0. The second-order valence-corrected chi connectivity index (χ2v) is 8.76. The van der Waals surface area contributed by atoms with E-state index in [0.29, 0.717) is 7.92 Å². The van der Waals surface area contributed by atoms with E-state index in [4.69, 9.17) is 0 Å². The molecule has 0 nitrogen and oxygen atoms in total. The van der Waals surface area contributed by atoms with Crippen LogP contribution in [0.25, 0.3) is 0 Å². The van der Waals surface area contributed by atoms with Crippen molar-refractivity contribution < 1.29 is 0 Å². The van der Waals surface area contributed by atoms with Gasteiger partial charge in [-0.15, -0.1) is 7.92 Å². The summed E-state index contributed by atoms with van der Waals surface area (Å²) in [5, 5.41) is 0. The predicted octanol–water partition coefficient (Wildman–Crippen LogP) is 5.54. The summed E-state index contributed by atoms with van der Waals surface area (Å²) in [6.07, 6.45) is 18.6. The fraction of sp³-hybridized carbons (Fsp3) is 1.00. The maximum Gasteiger partial charge on any atom is -0.0207 e. The largest absolute Gasteiger partial charge is 0.100 e. The molecule has 94 valence electrons. The highest BCUT2D eigenvalue weighted by molar-refractivity contribution is 7.59. The average molecular weight is 240 g/mol. The molecular weight excluding hydrogens is 211 g/mol. The fourth-order valence-corrected chi connectivity index (χ4v) is 7.65. The molecule has 0 radical (unpaired) electrons. The molecule has 0 atom stereocenters. The van der Waals surface area contributed by atoms with Gasteiger partial charge in [-0.3, -0.25) is 0 Å². The monoisotopic (exact) mass is 240 g/mol. The zero-order valence-electron chi connectivity index (χ0n) is 11.1. The van der Waals surface area contributed by atoms with E-state index >= 15 is 0 Å². The number of hydrogen-bond acceptors (Lipinski definition) is 0. The van der Waals surface area contributed by atoms with Crippen molar-refractivity contribution in [1.82, 2.24) is 0 Å². The quantitative estimate of drug-likeness (QED) is 0.422. The van der Waals surface area contributed by atoms with Crippen LogP contribution >= 0.6 is 7.92 Å². The van der Waals surface area contributed by atoms with Gasteiger partial charge in [0.2, 0.25) is 0 Å². The van der Waals surface area contributed by atoms with E-state index < -0.39 is 0 Å². The molecule has 0 aromatic carbocycles. The summed E-state index contributed by atoms with van der Waals surface area (Å²) >= 11 is 0. The Hall–Kier alpha value is 0.430. The molecule has 0 aromatic heterocycles. The van der Waals surface area contributed by atoms with Crippen LogP contribution in [-0.4, -0.2) is 17.5 Å². The molecule has 2 saturated carbocycles. The molecule has 0 unspecified atom stereocenters. The highest BCUT2D eigenvalue weighted by atomic mass is 31.1. The Morgan fingerprint density at radius 1 is 0.812 bits per heavy atom. The molecule has 0 N–H and O–H groups in total. The Balaban J connectivity index is 1.83. The van der Waals surface area contributed by atoms with Gasteiger partial charge in [0.25, 0.3) is 0 Å². The lowest BCUT2D eigenvalue weighted by Crippen LogP contribution is -2.12. The van der Waals surface area contributed by atoms with E-state index in [1.165, 1.54) is 30.6 Å². The molecule has 2 aliphatic carbocycles. The zero-order chi connectivity index (χ0) is 11.2. The van der Waals surface area contributed by atoms with Gasteiger partial charge in [0.05, 0.1) is 0 Å². The normalized spacial score (nSPS) is 23.6. The van der Waals surface area contributed by atoms with Gasteiger partial charge in [0.1, 0.15) is 0 Å². The van der Waals surface area contributed by atoms with Crippen molar-refractivity contribution in [3.63, 3.8) is 0 Å². The first-order valence-corrected chi connectivity index (χ1v) is 9.34.